The first-order valence-corrected chi connectivity index (χ1v) is 10.9. The maximum absolute atomic E-state index is 12.6. The van der Waals surface area contributed by atoms with E-state index in [-0.39, 0.29) is 11.8 Å². The van der Waals surface area contributed by atoms with Crippen molar-refractivity contribution in [2.45, 2.75) is 0 Å². The number of nitrogens with two attached hydrogens (primary N) is 2. The highest BCUT2D eigenvalue weighted by atomic mass is 32.1. The van der Waals surface area contributed by atoms with Crippen LogP contribution in [0.4, 0.5) is 20.0 Å². The molecule has 0 bridgehead atoms. The molecular weight excluding hydrogens is 432 g/mol. The highest BCUT2D eigenvalue weighted by molar-refractivity contribution is 7.20. The molecule has 2 amide bonds. The van der Waals surface area contributed by atoms with Gasteiger partial charge in [0.25, 0.3) is 11.8 Å². The summed E-state index contributed by atoms with van der Waals surface area (Å²) >= 11 is 2.61. The molecule has 0 radical (unpaired) electrons. The fraction of sp³-hybridized carbons (Fsp3) is 0. The first kappa shape index (κ1) is 19.2. The summed E-state index contributed by atoms with van der Waals surface area (Å²) < 4.78 is 5.95. The Labute approximate surface area is 184 Å². The maximum atomic E-state index is 12.6. The first-order valence-electron chi connectivity index (χ1n) is 9.26. The van der Waals surface area contributed by atoms with Gasteiger partial charge in [0.05, 0.1) is 20.0 Å². The minimum absolute atomic E-state index is 0.250. The molecule has 9 heteroatoms. The SMILES string of the molecule is Nc1ccc(NC(=O)c2ccc3c(c2)oc2cc(C(=O)Nc4ccc(N)s4)ccc23)s1. The van der Waals surface area contributed by atoms with E-state index in [1.54, 1.807) is 48.5 Å². The predicted molar refractivity (Wildman–Crippen MR) is 127 cm³/mol. The van der Waals surface area contributed by atoms with Crippen LogP contribution in [0.5, 0.6) is 0 Å². The summed E-state index contributed by atoms with van der Waals surface area (Å²) in [5.74, 6) is -0.501. The number of furan rings is 1. The van der Waals surface area contributed by atoms with E-state index in [2.05, 4.69) is 10.6 Å². The Morgan fingerprint density at radius 2 is 1.13 bits per heavy atom. The van der Waals surface area contributed by atoms with Crippen LogP contribution >= 0.6 is 22.7 Å². The highest BCUT2D eigenvalue weighted by Gasteiger charge is 2.15. The van der Waals surface area contributed by atoms with Gasteiger partial charge in [-0.05, 0) is 60.7 Å². The molecule has 5 aromatic rings. The predicted octanol–water partition coefficient (Wildman–Crippen LogP) is 5.38. The summed E-state index contributed by atoms with van der Waals surface area (Å²) in [7, 11) is 0. The van der Waals surface area contributed by atoms with Gasteiger partial charge in [0.15, 0.2) is 0 Å². The maximum Gasteiger partial charge on any atom is 0.256 e. The molecule has 0 atom stereocenters. The Kier molecular flexibility index (Phi) is 4.61. The van der Waals surface area contributed by atoms with Gasteiger partial charge in [-0.25, -0.2) is 0 Å². The molecule has 7 nitrogen and oxygen atoms in total. The van der Waals surface area contributed by atoms with Gasteiger partial charge in [-0.2, -0.15) is 0 Å². The molecule has 3 heterocycles. The smallest absolute Gasteiger partial charge is 0.256 e. The van der Waals surface area contributed by atoms with Crippen molar-refractivity contribution in [1.29, 1.82) is 0 Å². The van der Waals surface area contributed by atoms with E-state index < -0.39 is 0 Å². The number of nitrogen functional groups attached to an aromatic ring is 2. The lowest BCUT2D eigenvalue weighted by Crippen LogP contribution is -2.10. The van der Waals surface area contributed by atoms with E-state index in [0.717, 1.165) is 10.8 Å². The molecular formula is C22H16N4O3S2. The number of fused-ring (bicyclic) bond motifs is 3. The third-order valence-electron chi connectivity index (χ3n) is 4.72. The summed E-state index contributed by atoms with van der Waals surface area (Å²) in [5.41, 5.74) is 13.5. The lowest BCUT2D eigenvalue weighted by molar-refractivity contribution is 0.101. The minimum Gasteiger partial charge on any atom is -0.456 e. The molecule has 5 rings (SSSR count). The quantitative estimate of drug-likeness (QED) is 0.294. The Balaban J connectivity index is 1.43. The first-order chi connectivity index (χ1) is 15.0. The Bertz CT molecular complexity index is 1360. The van der Waals surface area contributed by atoms with E-state index in [0.29, 0.717) is 42.3 Å². The van der Waals surface area contributed by atoms with Crippen molar-refractivity contribution in [3.05, 3.63) is 71.8 Å². The van der Waals surface area contributed by atoms with Crippen LogP contribution in [0.15, 0.2) is 65.1 Å². The normalized spacial score (nSPS) is 11.1. The standard InChI is InChI=1S/C22H16N4O3S2/c23-17-5-7-19(30-17)25-21(27)11-1-3-13-14-4-2-12(10-16(14)29-15(13)9-11)22(28)26-20-8-6-18(24)31-20/h1-10H,23-24H2,(H,25,27)(H,26,28). The van der Waals surface area contributed by atoms with Crippen LogP contribution in [0.3, 0.4) is 0 Å². The monoisotopic (exact) mass is 448 g/mol. The molecule has 154 valence electrons. The molecule has 2 aromatic carbocycles. The molecule has 0 unspecified atom stereocenters. The summed E-state index contributed by atoms with van der Waals surface area (Å²) in [6.45, 7) is 0. The molecule has 0 aliphatic carbocycles. The van der Waals surface area contributed by atoms with Crippen molar-refractivity contribution in [1.82, 2.24) is 0 Å². The Hall–Kier alpha value is -3.82. The van der Waals surface area contributed by atoms with Crippen LogP contribution in [0.2, 0.25) is 0 Å². The molecule has 0 aliphatic heterocycles. The number of hydrogen-bond acceptors (Lipinski definition) is 7. The van der Waals surface area contributed by atoms with Crippen LogP contribution in [0, 0.1) is 0 Å². The Morgan fingerprint density at radius 3 is 1.52 bits per heavy atom. The van der Waals surface area contributed by atoms with Crippen molar-refractivity contribution in [3.63, 3.8) is 0 Å². The van der Waals surface area contributed by atoms with Gasteiger partial charge in [0, 0.05) is 21.9 Å². The minimum atomic E-state index is -0.250. The van der Waals surface area contributed by atoms with Crippen molar-refractivity contribution in [2.75, 3.05) is 22.1 Å². The molecule has 31 heavy (non-hydrogen) atoms. The van der Waals surface area contributed by atoms with Gasteiger partial charge in [-0.15, -0.1) is 22.7 Å². The summed E-state index contributed by atoms with van der Waals surface area (Å²) in [4.78, 5) is 25.1. The number of anilines is 4. The Morgan fingerprint density at radius 1 is 0.677 bits per heavy atom. The van der Waals surface area contributed by atoms with Crippen LogP contribution in [-0.4, -0.2) is 11.8 Å². The van der Waals surface area contributed by atoms with Gasteiger partial charge in [0.1, 0.15) is 11.2 Å². The zero-order valence-corrected chi connectivity index (χ0v) is 17.6. The van der Waals surface area contributed by atoms with Gasteiger partial charge in [0.2, 0.25) is 0 Å². The highest BCUT2D eigenvalue weighted by Crippen LogP contribution is 2.31. The molecule has 0 aliphatic rings. The van der Waals surface area contributed by atoms with Gasteiger partial charge < -0.3 is 26.5 Å². The largest absolute Gasteiger partial charge is 0.456 e. The lowest BCUT2D eigenvalue weighted by atomic mass is 10.1. The van der Waals surface area contributed by atoms with Crippen molar-refractivity contribution in [3.8, 4) is 0 Å². The van der Waals surface area contributed by atoms with Crippen molar-refractivity contribution in [2.24, 2.45) is 0 Å². The molecule has 0 saturated heterocycles. The fourth-order valence-electron chi connectivity index (χ4n) is 3.27. The van der Waals surface area contributed by atoms with E-state index >= 15 is 0 Å². The van der Waals surface area contributed by atoms with Crippen LogP contribution < -0.4 is 22.1 Å². The van der Waals surface area contributed by atoms with E-state index in [4.69, 9.17) is 15.9 Å². The summed E-state index contributed by atoms with van der Waals surface area (Å²) in [6, 6.07) is 17.5. The number of hydrogen-bond donors (Lipinski definition) is 4. The topological polar surface area (TPSA) is 123 Å². The second-order valence-corrected chi connectivity index (χ2v) is 9.07. The van der Waals surface area contributed by atoms with Gasteiger partial charge >= 0.3 is 0 Å². The number of benzene rings is 2. The third kappa shape index (κ3) is 3.72. The van der Waals surface area contributed by atoms with E-state index in [1.165, 1.54) is 22.7 Å². The van der Waals surface area contributed by atoms with Crippen LogP contribution in [0.25, 0.3) is 21.9 Å². The number of rotatable bonds is 4. The van der Waals surface area contributed by atoms with Crippen molar-refractivity contribution < 1.29 is 14.0 Å². The lowest BCUT2D eigenvalue weighted by Gasteiger charge is -2.02. The average molecular weight is 449 g/mol. The number of carbonyl (C=O) groups is 2. The molecule has 0 spiro atoms. The second kappa shape index (κ2) is 7.46. The fourth-order valence-corrected chi connectivity index (χ4v) is 4.61. The summed E-state index contributed by atoms with van der Waals surface area (Å²) in [5, 5.41) is 9.99. The van der Waals surface area contributed by atoms with Gasteiger partial charge in [-0.3, -0.25) is 9.59 Å². The van der Waals surface area contributed by atoms with Crippen molar-refractivity contribution >= 4 is 76.4 Å². The zero-order valence-electron chi connectivity index (χ0n) is 16.0. The summed E-state index contributed by atoms with van der Waals surface area (Å²) in [6.07, 6.45) is 0. The number of thiophene rings is 2. The van der Waals surface area contributed by atoms with E-state index in [9.17, 15) is 9.59 Å². The zero-order chi connectivity index (χ0) is 21.5. The average Bonchev–Trinajstić information content (AvgIpc) is 3.45. The van der Waals surface area contributed by atoms with E-state index in [1.807, 2.05) is 12.1 Å². The van der Waals surface area contributed by atoms with Crippen LogP contribution in [-0.2, 0) is 0 Å². The van der Waals surface area contributed by atoms with Crippen LogP contribution in [0.1, 0.15) is 20.7 Å². The molecule has 6 N–H and O–H groups in total. The number of nitrogens with one attached hydrogen (secondary N) is 2. The second-order valence-electron chi connectivity index (χ2n) is 6.84. The van der Waals surface area contributed by atoms with Gasteiger partial charge in [-0.1, -0.05) is 0 Å². The molecule has 0 fully saturated rings. The third-order valence-corrected chi connectivity index (χ3v) is 6.38. The molecule has 3 aromatic heterocycles. The number of amides is 2. The molecule has 0 saturated carbocycles. The number of carbonyl (C=O) groups excluding carboxylic acids is 2.